The van der Waals surface area contributed by atoms with E-state index in [0.29, 0.717) is 11.1 Å². The van der Waals surface area contributed by atoms with Crippen LogP contribution in [0.4, 0.5) is 4.39 Å². The molecule has 0 saturated carbocycles. The molecule has 0 saturated heterocycles. The highest BCUT2D eigenvalue weighted by atomic mass is 19.1. The average Bonchev–Trinajstić information content (AvgIpc) is 3.00. The second-order valence-electron chi connectivity index (χ2n) is 7.74. The molecule has 2 heterocycles. The van der Waals surface area contributed by atoms with Crippen molar-refractivity contribution in [2.45, 2.75) is 18.9 Å². The van der Waals surface area contributed by atoms with Crippen LogP contribution in [0.3, 0.4) is 0 Å². The largest absolute Gasteiger partial charge is 0.417 e. The number of rotatable bonds is 2. The standard InChI is InChI=1S/C24H21FN2O2/c1-27-11-10-19(20-4-2-3-5-21(20)25)18-8-6-15(12-17(18)14-27)16-7-9-22-23(13-16)29-24(28)26-22/h2-9,12-13,19H,10-11,14H2,1H3,(H,26,28). The zero-order valence-corrected chi connectivity index (χ0v) is 16.1. The molecule has 0 aliphatic carbocycles. The smallest absolute Gasteiger partial charge is 0.408 e. The molecule has 1 N–H and O–H groups in total. The van der Waals surface area contributed by atoms with Crippen molar-refractivity contribution >= 4 is 11.1 Å². The van der Waals surface area contributed by atoms with Gasteiger partial charge in [0.15, 0.2) is 5.58 Å². The number of oxazole rings is 1. The number of benzene rings is 3. The molecule has 29 heavy (non-hydrogen) atoms. The van der Waals surface area contributed by atoms with Gasteiger partial charge >= 0.3 is 5.76 Å². The molecule has 5 heteroatoms. The number of halogens is 1. The van der Waals surface area contributed by atoms with Crippen LogP contribution in [0.1, 0.15) is 29.0 Å². The molecule has 5 rings (SSSR count). The van der Waals surface area contributed by atoms with Gasteiger partial charge in [0.05, 0.1) is 5.52 Å². The van der Waals surface area contributed by atoms with E-state index >= 15 is 0 Å². The summed E-state index contributed by atoms with van der Waals surface area (Å²) in [4.78, 5) is 16.4. The van der Waals surface area contributed by atoms with Crippen LogP contribution < -0.4 is 5.76 Å². The molecule has 0 radical (unpaired) electrons. The van der Waals surface area contributed by atoms with Crippen molar-refractivity contribution in [3.05, 3.63) is 93.7 Å². The second kappa shape index (κ2) is 7.01. The summed E-state index contributed by atoms with van der Waals surface area (Å²) in [5.74, 6) is -0.561. The van der Waals surface area contributed by atoms with Crippen molar-refractivity contribution in [3.8, 4) is 11.1 Å². The Bertz CT molecular complexity index is 1260. The van der Waals surface area contributed by atoms with Crippen LogP contribution in [0.25, 0.3) is 22.2 Å². The number of hydrogen-bond acceptors (Lipinski definition) is 3. The van der Waals surface area contributed by atoms with Crippen LogP contribution in [0.5, 0.6) is 0 Å². The van der Waals surface area contributed by atoms with Gasteiger partial charge in [0.25, 0.3) is 0 Å². The Morgan fingerprint density at radius 2 is 1.83 bits per heavy atom. The first kappa shape index (κ1) is 17.9. The molecule has 0 bridgehead atoms. The molecule has 1 atom stereocenters. The van der Waals surface area contributed by atoms with Crippen LogP contribution in [-0.4, -0.2) is 23.5 Å². The third kappa shape index (κ3) is 3.28. The van der Waals surface area contributed by atoms with Crippen molar-refractivity contribution in [3.63, 3.8) is 0 Å². The van der Waals surface area contributed by atoms with Gasteiger partial charge in [0.1, 0.15) is 5.82 Å². The van der Waals surface area contributed by atoms with Gasteiger partial charge in [-0.15, -0.1) is 0 Å². The molecule has 4 nitrogen and oxygen atoms in total. The van der Waals surface area contributed by atoms with Crippen molar-refractivity contribution in [1.82, 2.24) is 9.88 Å². The second-order valence-corrected chi connectivity index (χ2v) is 7.74. The van der Waals surface area contributed by atoms with Crippen LogP contribution in [0.15, 0.2) is 69.9 Å². The fourth-order valence-electron chi connectivity index (χ4n) is 4.34. The lowest BCUT2D eigenvalue weighted by Crippen LogP contribution is -2.17. The summed E-state index contributed by atoms with van der Waals surface area (Å²) in [5.41, 5.74) is 6.40. The lowest BCUT2D eigenvalue weighted by atomic mass is 9.85. The molecule has 0 fully saturated rings. The summed E-state index contributed by atoms with van der Waals surface area (Å²) >= 11 is 0. The molecule has 4 aromatic rings. The van der Waals surface area contributed by atoms with Gasteiger partial charge in [0, 0.05) is 12.5 Å². The van der Waals surface area contributed by atoms with Gasteiger partial charge in [-0.25, -0.2) is 9.18 Å². The Morgan fingerprint density at radius 3 is 2.69 bits per heavy atom. The van der Waals surface area contributed by atoms with E-state index in [2.05, 4.69) is 35.1 Å². The van der Waals surface area contributed by atoms with Crippen LogP contribution in [0.2, 0.25) is 0 Å². The zero-order chi connectivity index (χ0) is 20.0. The summed E-state index contributed by atoms with van der Waals surface area (Å²) in [7, 11) is 2.10. The normalized spacial score (nSPS) is 17.2. The van der Waals surface area contributed by atoms with Crippen molar-refractivity contribution in [1.29, 1.82) is 0 Å². The Morgan fingerprint density at radius 1 is 1.03 bits per heavy atom. The lowest BCUT2D eigenvalue weighted by molar-refractivity contribution is 0.328. The fraction of sp³-hybridized carbons (Fsp3) is 0.208. The number of fused-ring (bicyclic) bond motifs is 2. The topological polar surface area (TPSA) is 49.2 Å². The monoisotopic (exact) mass is 388 g/mol. The van der Waals surface area contributed by atoms with Gasteiger partial charge < -0.3 is 9.32 Å². The van der Waals surface area contributed by atoms with Gasteiger partial charge in [-0.05, 0) is 72.1 Å². The minimum Gasteiger partial charge on any atom is -0.408 e. The molecule has 1 aromatic heterocycles. The van der Waals surface area contributed by atoms with E-state index in [1.807, 2.05) is 30.3 Å². The highest BCUT2D eigenvalue weighted by molar-refractivity contribution is 5.80. The number of H-pyrrole nitrogens is 1. The minimum atomic E-state index is -0.451. The highest BCUT2D eigenvalue weighted by Crippen LogP contribution is 2.37. The number of nitrogens with zero attached hydrogens (tertiary/aromatic N) is 1. The van der Waals surface area contributed by atoms with Crippen LogP contribution >= 0.6 is 0 Å². The van der Waals surface area contributed by atoms with Gasteiger partial charge in [-0.3, -0.25) is 4.98 Å². The number of nitrogens with one attached hydrogen (secondary N) is 1. The Labute approximate surface area is 167 Å². The van der Waals surface area contributed by atoms with Crippen LogP contribution in [0, 0.1) is 5.82 Å². The Balaban J connectivity index is 1.61. The minimum absolute atomic E-state index is 0.0374. The Kier molecular flexibility index (Phi) is 4.32. The quantitative estimate of drug-likeness (QED) is 0.532. The maximum absolute atomic E-state index is 14.5. The molecule has 1 aliphatic heterocycles. The van der Waals surface area contributed by atoms with Gasteiger partial charge in [0.2, 0.25) is 0 Å². The fourth-order valence-corrected chi connectivity index (χ4v) is 4.34. The predicted molar refractivity (Wildman–Crippen MR) is 111 cm³/mol. The van der Waals surface area contributed by atoms with E-state index < -0.39 is 5.76 Å². The van der Waals surface area contributed by atoms with E-state index in [1.54, 1.807) is 6.07 Å². The van der Waals surface area contributed by atoms with E-state index in [1.165, 1.54) is 17.2 Å². The van der Waals surface area contributed by atoms with Crippen molar-refractivity contribution < 1.29 is 8.81 Å². The molecule has 0 spiro atoms. The summed E-state index contributed by atoms with van der Waals surface area (Å²) in [6.45, 7) is 1.72. The number of aromatic nitrogens is 1. The first-order chi connectivity index (χ1) is 14.1. The third-order valence-electron chi connectivity index (χ3n) is 5.79. The first-order valence-electron chi connectivity index (χ1n) is 9.77. The van der Waals surface area contributed by atoms with E-state index in [9.17, 15) is 9.18 Å². The number of hydrogen-bond donors (Lipinski definition) is 1. The molecule has 1 unspecified atom stereocenters. The molecule has 146 valence electrons. The van der Waals surface area contributed by atoms with Gasteiger partial charge in [-0.1, -0.05) is 36.4 Å². The molecule has 1 aliphatic rings. The first-order valence-corrected chi connectivity index (χ1v) is 9.77. The predicted octanol–water partition coefficient (Wildman–Crippen LogP) is 4.89. The Hall–Kier alpha value is -3.18. The number of aromatic amines is 1. The van der Waals surface area contributed by atoms with E-state index in [0.717, 1.165) is 36.2 Å². The zero-order valence-electron chi connectivity index (χ0n) is 16.1. The van der Waals surface area contributed by atoms with Crippen molar-refractivity contribution in [2.75, 3.05) is 13.6 Å². The molecule has 3 aromatic carbocycles. The van der Waals surface area contributed by atoms with Crippen molar-refractivity contribution in [2.24, 2.45) is 0 Å². The SMILES string of the molecule is CN1CCC(c2ccccc2F)c2ccc(-c3ccc4[nH]c(=O)oc4c3)cc2C1. The average molecular weight is 388 g/mol. The summed E-state index contributed by atoms with van der Waals surface area (Å²) in [6.07, 6.45) is 0.879. The molecule has 0 amide bonds. The molecular weight excluding hydrogens is 367 g/mol. The van der Waals surface area contributed by atoms with E-state index in [-0.39, 0.29) is 11.7 Å². The van der Waals surface area contributed by atoms with Crippen LogP contribution in [-0.2, 0) is 6.54 Å². The molecular formula is C24H21FN2O2. The highest BCUT2D eigenvalue weighted by Gasteiger charge is 2.24. The summed E-state index contributed by atoms with van der Waals surface area (Å²) < 4.78 is 19.7. The maximum atomic E-state index is 14.5. The maximum Gasteiger partial charge on any atom is 0.417 e. The lowest BCUT2D eigenvalue weighted by Gasteiger charge is -2.19. The summed E-state index contributed by atoms with van der Waals surface area (Å²) in [5, 5.41) is 0. The third-order valence-corrected chi connectivity index (χ3v) is 5.79. The van der Waals surface area contributed by atoms with E-state index in [4.69, 9.17) is 4.42 Å². The summed E-state index contributed by atoms with van der Waals surface area (Å²) in [6, 6.07) is 19.2. The van der Waals surface area contributed by atoms with Gasteiger partial charge in [-0.2, -0.15) is 0 Å².